The summed E-state index contributed by atoms with van der Waals surface area (Å²) in [5, 5.41) is 0. The molecule has 2 N–H and O–H groups in total. The molecule has 0 bridgehead atoms. The van der Waals surface area contributed by atoms with Gasteiger partial charge in [-0.15, -0.1) is 0 Å². The molecule has 0 aromatic rings. The molecule has 0 radical (unpaired) electrons. The molecule has 0 spiro atoms. The van der Waals surface area contributed by atoms with Gasteiger partial charge in [-0.05, 0) is 74.7 Å². The van der Waals surface area contributed by atoms with E-state index in [0.717, 1.165) is 30.3 Å². The minimum Gasteiger partial charge on any atom is -0.330 e. The summed E-state index contributed by atoms with van der Waals surface area (Å²) in [6.07, 6.45) is 15.9. The standard InChI is InChI=1S/C27H51N3/c1-25-13-10-21(30(5)17-6-7-18-30)19-27(25,20-28)15-11-22-23(25)12-14-26(2)24(22)9-8-16-29(26,3)4/h21-24H,6-20,28H2,1-5H3/q+2/t21?,22-,23+,24+,25-,26+,27+/m1/s1. The van der Waals surface area contributed by atoms with Crippen LogP contribution in [0.25, 0.3) is 0 Å². The molecule has 0 aromatic carbocycles. The minimum absolute atomic E-state index is 0.410. The lowest BCUT2D eigenvalue weighted by Crippen LogP contribution is -2.71. The number of hydrogen-bond donors (Lipinski definition) is 1. The summed E-state index contributed by atoms with van der Waals surface area (Å²) in [6.45, 7) is 10.5. The van der Waals surface area contributed by atoms with Crippen molar-refractivity contribution in [1.82, 2.24) is 0 Å². The van der Waals surface area contributed by atoms with Gasteiger partial charge in [0, 0.05) is 38.0 Å². The van der Waals surface area contributed by atoms with Gasteiger partial charge in [0.05, 0.1) is 52.4 Å². The number of fused-ring (bicyclic) bond motifs is 5. The monoisotopic (exact) mass is 417 g/mol. The van der Waals surface area contributed by atoms with Gasteiger partial charge in [0.25, 0.3) is 0 Å². The molecule has 2 saturated heterocycles. The Kier molecular flexibility index (Phi) is 5.02. The molecule has 5 fully saturated rings. The molecule has 2 heterocycles. The van der Waals surface area contributed by atoms with E-state index in [1.165, 1.54) is 99.2 Å². The molecule has 5 aliphatic rings. The zero-order chi connectivity index (χ0) is 21.4. The zero-order valence-corrected chi connectivity index (χ0v) is 20.9. The van der Waals surface area contributed by atoms with E-state index in [-0.39, 0.29) is 0 Å². The van der Waals surface area contributed by atoms with Crippen LogP contribution < -0.4 is 5.73 Å². The summed E-state index contributed by atoms with van der Waals surface area (Å²) in [5.74, 6) is 2.82. The van der Waals surface area contributed by atoms with Crippen molar-refractivity contribution < 1.29 is 8.97 Å². The van der Waals surface area contributed by atoms with Crippen LogP contribution in [0.15, 0.2) is 0 Å². The Morgan fingerprint density at radius 1 is 0.800 bits per heavy atom. The van der Waals surface area contributed by atoms with E-state index in [0.29, 0.717) is 16.4 Å². The van der Waals surface area contributed by atoms with Crippen LogP contribution in [0.1, 0.15) is 84.5 Å². The Balaban J connectivity index is 1.44. The third kappa shape index (κ3) is 2.73. The highest BCUT2D eigenvalue weighted by atomic mass is 15.4. The van der Waals surface area contributed by atoms with E-state index in [4.69, 9.17) is 5.73 Å². The van der Waals surface area contributed by atoms with Gasteiger partial charge >= 0.3 is 0 Å². The summed E-state index contributed by atoms with van der Waals surface area (Å²) < 4.78 is 2.62. The lowest BCUT2D eigenvalue weighted by molar-refractivity contribution is -0.952. The van der Waals surface area contributed by atoms with Crippen LogP contribution in [-0.4, -0.2) is 67.9 Å². The fraction of sp³-hybridized carbons (Fsp3) is 1.00. The van der Waals surface area contributed by atoms with Gasteiger partial charge < -0.3 is 14.7 Å². The first kappa shape index (κ1) is 21.7. The maximum Gasteiger partial charge on any atom is 0.0991 e. The molecule has 3 saturated carbocycles. The van der Waals surface area contributed by atoms with Gasteiger partial charge in [0.1, 0.15) is 0 Å². The molecule has 172 valence electrons. The average Bonchev–Trinajstić information content (AvgIpc) is 3.16. The number of likely N-dealkylation sites (tertiary alicyclic amines) is 2. The Bertz CT molecular complexity index is 667. The Morgan fingerprint density at radius 2 is 1.53 bits per heavy atom. The maximum absolute atomic E-state index is 6.75. The van der Waals surface area contributed by atoms with E-state index in [2.05, 4.69) is 35.0 Å². The quantitative estimate of drug-likeness (QED) is 0.642. The van der Waals surface area contributed by atoms with Crippen molar-refractivity contribution in [3.63, 3.8) is 0 Å². The first-order valence-electron chi connectivity index (χ1n) is 13.5. The number of piperidine rings is 1. The molecule has 30 heavy (non-hydrogen) atoms. The first-order chi connectivity index (χ1) is 14.1. The first-order valence-corrected chi connectivity index (χ1v) is 13.5. The molecule has 3 aliphatic carbocycles. The smallest absolute Gasteiger partial charge is 0.0991 e. The van der Waals surface area contributed by atoms with Crippen LogP contribution >= 0.6 is 0 Å². The molecule has 7 atom stereocenters. The fourth-order valence-electron chi connectivity index (χ4n) is 10.3. The zero-order valence-electron chi connectivity index (χ0n) is 20.9. The summed E-state index contributed by atoms with van der Waals surface area (Å²) in [5.41, 5.74) is 8.15. The predicted molar refractivity (Wildman–Crippen MR) is 126 cm³/mol. The van der Waals surface area contributed by atoms with E-state index in [9.17, 15) is 0 Å². The van der Waals surface area contributed by atoms with Gasteiger partial charge in [0.2, 0.25) is 0 Å². The third-order valence-corrected chi connectivity index (χ3v) is 12.9. The number of hydrogen-bond acceptors (Lipinski definition) is 1. The van der Waals surface area contributed by atoms with Crippen molar-refractivity contribution in [2.24, 2.45) is 34.3 Å². The molecular weight excluding hydrogens is 366 g/mol. The Morgan fingerprint density at radius 3 is 2.23 bits per heavy atom. The highest BCUT2D eigenvalue weighted by molar-refractivity contribution is 5.13. The molecule has 2 aliphatic heterocycles. The summed E-state index contributed by atoms with van der Waals surface area (Å²) in [4.78, 5) is 0. The lowest BCUT2D eigenvalue weighted by atomic mass is 9.39. The topological polar surface area (TPSA) is 26.0 Å². The average molecular weight is 418 g/mol. The largest absolute Gasteiger partial charge is 0.330 e. The summed E-state index contributed by atoms with van der Waals surface area (Å²) in [6, 6.07) is 0.875. The molecule has 0 amide bonds. The van der Waals surface area contributed by atoms with Gasteiger partial charge in [-0.25, -0.2) is 0 Å². The highest BCUT2D eigenvalue weighted by Crippen LogP contribution is 2.68. The second-order valence-electron chi connectivity index (χ2n) is 13.8. The van der Waals surface area contributed by atoms with Crippen molar-refractivity contribution in [1.29, 1.82) is 0 Å². The van der Waals surface area contributed by atoms with Crippen LogP contribution in [0.5, 0.6) is 0 Å². The third-order valence-electron chi connectivity index (χ3n) is 12.9. The highest BCUT2D eigenvalue weighted by Gasteiger charge is 2.66. The van der Waals surface area contributed by atoms with E-state index in [1.807, 2.05) is 0 Å². The van der Waals surface area contributed by atoms with Crippen molar-refractivity contribution >= 4 is 0 Å². The van der Waals surface area contributed by atoms with E-state index < -0.39 is 0 Å². The Labute approximate surface area is 186 Å². The minimum atomic E-state index is 0.410. The normalized spacial score (nSPS) is 52.2. The molecule has 3 nitrogen and oxygen atoms in total. The van der Waals surface area contributed by atoms with Crippen LogP contribution in [0.4, 0.5) is 0 Å². The van der Waals surface area contributed by atoms with Crippen molar-refractivity contribution in [3.05, 3.63) is 0 Å². The summed E-state index contributed by atoms with van der Waals surface area (Å²) in [7, 11) is 7.64. The molecular formula is C27H51N3+2. The van der Waals surface area contributed by atoms with Crippen LogP contribution in [0, 0.1) is 28.6 Å². The number of rotatable bonds is 2. The van der Waals surface area contributed by atoms with Crippen LogP contribution in [0.2, 0.25) is 0 Å². The molecule has 5 rings (SSSR count). The maximum atomic E-state index is 6.75. The predicted octanol–water partition coefficient (Wildman–Crippen LogP) is 4.80. The SMILES string of the molecule is C[C@]12CC[C@H]3[C@@H](CC[C@@]4(CN)CC([N+]5(C)CCCC5)CC[C@]34C)[C@@H]1CCC[N+]2(C)C. The van der Waals surface area contributed by atoms with E-state index in [1.54, 1.807) is 0 Å². The number of nitrogens with zero attached hydrogens (tertiary/aromatic N) is 2. The van der Waals surface area contributed by atoms with Crippen molar-refractivity contribution in [2.45, 2.75) is 96.1 Å². The fourth-order valence-corrected chi connectivity index (χ4v) is 10.3. The van der Waals surface area contributed by atoms with Gasteiger partial charge in [0.15, 0.2) is 0 Å². The number of quaternary nitrogens is 2. The number of nitrogens with two attached hydrogens (primary N) is 1. The van der Waals surface area contributed by atoms with Crippen LogP contribution in [0.3, 0.4) is 0 Å². The van der Waals surface area contributed by atoms with Crippen molar-refractivity contribution in [3.8, 4) is 0 Å². The van der Waals surface area contributed by atoms with Gasteiger partial charge in [-0.2, -0.15) is 0 Å². The van der Waals surface area contributed by atoms with Gasteiger partial charge in [-0.1, -0.05) is 6.92 Å². The molecule has 3 heteroatoms. The summed E-state index contributed by atoms with van der Waals surface area (Å²) >= 11 is 0. The second kappa shape index (κ2) is 6.94. The Hall–Kier alpha value is -0.120. The second-order valence-corrected chi connectivity index (χ2v) is 13.8. The molecule has 0 aromatic heterocycles. The van der Waals surface area contributed by atoms with Crippen molar-refractivity contribution in [2.75, 3.05) is 47.3 Å². The lowest BCUT2D eigenvalue weighted by Gasteiger charge is -2.68. The van der Waals surface area contributed by atoms with Crippen LogP contribution in [-0.2, 0) is 0 Å². The van der Waals surface area contributed by atoms with E-state index >= 15 is 0 Å². The molecule has 1 unspecified atom stereocenters. The van der Waals surface area contributed by atoms with Gasteiger partial charge in [-0.3, -0.25) is 0 Å².